The SMILES string of the molecule is [2H]C([2H])([2H])N(C(N)=NC(N)=NCC)C([2H])([2H])[2H]. The van der Waals surface area contributed by atoms with Gasteiger partial charge in [0.25, 0.3) is 0 Å². The summed E-state index contributed by atoms with van der Waals surface area (Å²) in [5, 5.41) is 0. The summed E-state index contributed by atoms with van der Waals surface area (Å²) >= 11 is 0. The van der Waals surface area contributed by atoms with Crippen LogP contribution < -0.4 is 11.5 Å². The second kappa shape index (κ2) is 4.54. The number of nitrogens with zero attached hydrogens (tertiary/aromatic N) is 3. The summed E-state index contributed by atoms with van der Waals surface area (Å²) < 4.78 is 42.5. The molecule has 0 saturated carbocycles. The molecule has 0 atom stereocenters. The third kappa shape index (κ3) is 4.19. The van der Waals surface area contributed by atoms with E-state index in [9.17, 15) is 0 Å². The maximum Gasteiger partial charge on any atom is 0.218 e. The average Bonchev–Trinajstić information content (AvgIpc) is 1.96. The Morgan fingerprint density at radius 1 is 1.55 bits per heavy atom. The molecule has 0 saturated heterocycles. The van der Waals surface area contributed by atoms with Gasteiger partial charge in [-0.3, -0.25) is 4.99 Å². The summed E-state index contributed by atoms with van der Waals surface area (Å²) in [6, 6.07) is 0. The van der Waals surface area contributed by atoms with Gasteiger partial charge in [-0.25, -0.2) is 0 Å². The van der Waals surface area contributed by atoms with Gasteiger partial charge in [-0.1, -0.05) is 0 Å². The largest absolute Gasteiger partial charge is 0.369 e. The highest BCUT2D eigenvalue weighted by Crippen LogP contribution is 1.77. The van der Waals surface area contributed by atoms with Crippen molar-refractivity contribution in [3.63, 3.8) is 0 Å². The van der Waals surface area contributed by atoms with Gasteiger partial charge in [0, 0.05) is 28.7 Å². The van der Waals surface area contributed by atoms with Gasteiger partial charge in [0.1, 0.15) is 0 Å². The summed E-state index contributed by atoms with van der Waals surface area (Å²) in [6.07, 6.45) is 0. The molecule has 0 aliphatic heterocycles. The molecule has 0 aromatic heterocycles. The predicted molar refractivity (Wildman–Crippen MR) is 47.5 cm³/mol. The van der Waals surface area contributed by atoms with E-state index in [4.69, 9.17) is 19.7 Å². The van der Waals surface area contributed by atoms with Crippen molar-refractivity contribution in [1.82, 2.24) is 4.90 Å². The molecule has 5 heteroatoms. The summed E-state index contributed by atoms with van der Waals surface area (Å²) in [5.41, 5.74) is 10.6. The first-order chi connectivity index (χ1) is 7.50. The maximum absolute atomic E-state index is 7.08. The molecule has 0 aromatic rings. The molecule has 11 heavy (non-hydrogen) atoms. The summed E-state index contributed by atoms with van der Waals surface area (Å²) in [5.74, 6) is -0.997. The van der Waals surface area contributed by atoms with Crippen LogP contribution in [0.1, 0.15) is 15.1 Å². The van der Waals surface area contributed by atoms with Crippen molar-refractivity contribution in [2.24, 2.45) is 21.5 Å². The van der Waals surface area contributed by atoms with Crippen molar-refractivity contribution < 1.29 is 8.22 Å². The van der Waals surface area contributed by atoms with Crippen LogP contribution >= 0.6 is 0 Å². The average molecular weight is 163 g/mol. The second-order valence-electron chi connectivity index (χ2n) is 1.64. The van der Waals surface area contributed by atoms with Crippen LogP contribution in [0.5, 0.6) is 0 Å². The van der Waals surface area contributed by atoms with E-state index in [1.807, 2.05) is 0 Å². The van der Waals surface area contributed by atoms with Crippen LogP contribution in [0.3, 0.4) is 0 Å². The van der Waals surface area contributed by atoms with Crippen molar-refractivity contribution in [2.75, 3.05) is 20.5 Å². The van der Waals surface area contributed by atoms with Gasteiger partial charge < -0.3 is 16.4 Å². The lowest BCUT2D eigenvalue weighted by molar-refractivity contribution is 0.615. The monoisotopic (exact) mass is 163 g/mol. The van der Waals surface area contributed by atoms with Gasteiger partial charge >= 0.3 is 0 Å². The first-order valence-corrected chi connectivity index (χ1v) is 2.94. The first-order valence-electron chi connectivity index (χ1n) is 5.94. The Morgan fingerprint density at radius 3 is 2.64 bits per heavy atom. The Morgan fingerprint density at radius 2 is 2.18 bits per heavy atom. The fourth-order valence-electron chi connectivity index (χ4n) is 0.365. The molecule has 0 aliphatic rings. The second-order valence-corrected chi connectivity index (χ2v) is 1.64. The van der Waals surface area contributed by atoms with Crippen LogP contribution in [0.2, 0.25) is 0 Å². The highest BCUT2D eigenvalue weighted by molar-refractivity contribution is 5.92. The van der Waals surface area contributed by atoms with E-state index in [-0.39, 0.29) is 10.9 Å². The summed E-state index contributed by atoms with van der Waals surface area (Å²) in [6.45, 7) is -3.87. The number of rotatable bonds is 1. The van der Waals surface area contributed by atoms with E-state index in [0.29, 0.717) is 6.54 Å². The lowest BCUT2D eigenvalue weighted by atomic mass is 10.7. The molecule has 0 unspecified atom stereocenters. The fourth-order valence-corrected chi connectivity index (χ4v) is 0.365. The van der Waals surface area contributed by atoms with Gasteiger partial charge in [-0.15, -0.1) is 0 Å². The first kappa shape index (κ1) is 3.42. The van der Waals surface area contributed by atoms with Crippen molar-refractivity contribution in [1.29, 1.82) is 0 Å². The van der Waals surface area contributed by atoms with Crippen molar-refractivity contribution >= 4 is 11.9 Å². The Kier molecular flexibility index (Phi) is 1.41. The Hall–Kier alpha value is -1.26. The maximum atomic E-state index is 7.08. The van der Waals surface area contributed by atoms with Crippen molar-refractivity contribution in [3.05, 3.63) is 0 Å². The third-order valence-electron chi connectivity index (χ3n) is 0.778. The molecule has 5 nitrogen and oxygen atoms in total. The minimum atomic E-state index is -2.94. The predicted octanol–water partition coefficient (Wildman–Crippen LogP) is -0.803. The van der Waals surface area contributed by atoms with E-state index >= 15 is 0 Å². The fraction of sp³-hybridized carbons (Fsp3) is 0.667. The molecule has 0 fully saturated rings. The molecule has 0 radical (unpaired) electrons. The van der Waals surface area contributed by atoms with Crippen LogP contribution in [0.25, 0.3) is 0 Å². The normalized spacial score (nSPS) is 23.7. The highest BCUT2D eigenvalue weighted by Gasteiger charge is 1.93. The van der Waals surface area contributed by atoms with Crippen LogP contribution in [0.15, 0.2) is 9.98 Å². The van der Waals surface area contributed by atoms with Gasteiger partial charge in [0.2, 0.25) is 5.96 Å². The number of hydrogen-bond donors (Lipinski definition) is 2. The Balaban J connectivity index is 5.30. The molecular weight excluding hydrogens is 142 g/mol. The van der Waals surface area contributed by atoms with Crippen molar-refractivity contribution in [2.45, 2.75) is 6.92 Å². The minimum absolute atomic E-state index is 0.0397. The van der Waals surface area contributed by atoms with Crippen LogP contribution in [0, 0.1) is 0 Å². The smallest absolute Gasteiger partial charge is 0.218 e. The highest BCUT2D eigenvalue weighted by atomic mass is 15.2. The van der Waals surface area contributed by atoms with Crippen molar-refractivity contribution in [3.8, 4) is 0 Å². The number of hydrogen-bond acceptors (Lipinski definition) is 1. The zero-order chi connectivity index (χ0) is 13.9. The van der Waals surface area contributed by atoms with Crippen LogP contribution in [0.4, 0.5) is 0 Å². The lowest BCUT2D eigenvalue weighted by Crippen LogP contribution is -2.32. The van der Waals surface area contributed by atoms with Crippen LogP contribution in [-0.2, 0) is 0 Å². The molecule has 0 rings (SSSR count). The molecule has 0 aromatic carbocycles. The molecule has 0 bridgehead atoms. The molecule has 4 N–H and O–H groups in total. The molecule has 0 amide bonds. The topological polar surface area (TPSA) is 80.0 Å². The van der Waals surface area contributed by atoms with E-state index in [1.165, 1.54) is 0 Å². The summed E-state index contributed by atoms with van der Waals surface area (Å²) in [7, 11) is 0. The quantitative estimate of drug-likeness (QED) is 0.392. The lowest BCUT2D eigenvalue weighted by Gasteiger charge is -2.09. The molecular formula is C6H15N5. The summed E-state index contributed by atoms with van der Waals surface area (Å²) in [4.78, 5) is 7.11. The molecule has 0 spiro atoms. The third-order valence-corrected chi connectivity index (χ3v) is 0.778. The zero-order valence-electron chi connectivity index (χ0n) is 12.2. The standard InChI is InChI=1S/C6H15N5/c1-4-9-5(7)10-6(8)11(2)3/h4H2,1-3H3,(H4,7,8,9,10)/i2D3,3D3. The van der Waals surface area contributed by atoms with Gasteiger partial charge in [-0.2, -0.15) is 4.99 Å². The van der Waals surface area contributed by atoms with E-state index < -0.39 is 19.9 Å². The Bertz CT molecular complexity index is 302. The minimum Gasteiger partial charge on any atom is -0.369 e. The molecule has 64 valence electrons. The van der Waals surface area contributed by atoms with Gasteiger partial charge in [0.15, 0.2) is 5.96 Å². The molecule has 0 heterocycles. The molecule has 0 aliphatic carbocycles. The zero-order valence-corrected chi connectivity index (χ0v) is 6.20. The van der Waals surface area contributed by atoms with Gasteiger partial charge in [0.05, 0.1) is 0 Å². The van der Waals surface area contributed by atoms with E-state index in [0.717, 1.165) is 0 Å². The van der Waals surface area contributed by atoms with Crippen LogP contribution in [-0.4, -0.2) is 37.3 Å². The van der Waals surface area contributed by atoms with E-state index in [2.05, 4.69) is 9.98 Å². The number of aliphatic imine (C=N–C) groups is 2. The number of nitrogens with two attached hydrogens (primary N) is 2. The van der Waals surface area contributed by atoms with Gasteiger partial charge in [-0.05, 0) is 6.92 Å². The Labute approximate surface area is 75.2 Å². The number of guanidine groups is 2. The van der Waals surface area contributed by atoms with E-state index in [1.54, 1.807) is 6.92 Å².